The van der Waals surface area contributed by atoms with Crippen LogP contribution in [0, 0.1) is 5.92 Å². The molecule has 3 nitrogen and oxygen atoms in total. The summed E-state index contributed by atoms with van der Waals surface area (Å²) >= 11 is 0. The van der Waals surface area contributed by atoms with Crippen LogP contribution >= 0.6 is 0 Å². The molecule has 15 heavy (non-hydrogen) atoms. The van der Waals surface area contributed by atoms with E-state index in [2.05, 4.69) is 19.2 Å². The predicted octanol–water partition coefficient (Wildman–Crippen LogP) is 2.22. The van der Waals surface area contributed by atoms with E-state index in [9.17, 15) is 9.90 Å². The molecule has 0 bridgehead atoms. The molecule has 1 aliphatic rings. The second-order valence-corrected chi connectivity index (χ2v) is 4.43. The minimum atomic E-state index is -0.0773. The number of hydrogen-bond acceptors (Lipinski definition) is 2. The molecule has 0 radical (unpaired) electrons. The van der Waals surface area contributed by atoms with Crippen LogP contribution in [0.2, 0.25) is 0 Å². The van der Waals surface area contributed by atoms with E-state index < -0.39 is 0 Å². The summed E-state index contributed by atoms with van der Waals surface area (Å²) in [6.45, 7) is 4.26. The lowest BCUT2D eigenvalue weighted by atomic mass is 9.97. The van der Waals surface area contributed by atoms with Gasteiger partial charge in [-0.05, 0) is 30.0 Å². The van der Waals surface area contributed by atoms with Crippen molar-refractivity contribution in [1.82, 2.24) is 5.32 Å². The lowest BCUT2D eigenvalue weighted by Gasteiger charge is -2.13. The molecule has 1 aromatic rings. The average molecular weight is 205 g/mol. The Bertz CT molecular complexity index is 399. The topological polar surface area (TPSA) is 49.3 Å². The number of aromatic hydroxyl groups is 1. The summed E-state index contributed by atoms with van der Waals surface area (Å²) in [6.07, 6.45) is 0.934. The Labute approximate surface area is 89.1 Å². The summed E-state index contributed by atoms with van der Waals surface area (Å²) in [6, 6.07) is 5.10. The quantitative estimate of drug-likeness (QED) is 0.777. The number of benzene rings is 1. The smallest absolute Gasteiger partial charge is 0.252 e. The zero-order valence-corrected chi connectivity index (χ0v) is 8.95. The molecular formula is C12H15NO2. The largest absolute Gasteiger partial charge is 0.508 e. The predicted molar refractivity (Wildman–Crippen MR) is 57.8 cm³/mol. The van der Waals surface area contributed by atoms with Crippen LogP contribution in [0.1, 0.15) is 42.2 Å². The molecule has 1 aromatic carbocycles. The molecule has 1 heterocycles. The summed E-state index contributed by atoms with van der Waals surface area (Å²) in [7, 11) is 0. The lowest BCUT2D eigenvalue weighted by Crippen LogP contribution is -2.20. The van der Waals surface area contributed by atoms with Gasteiger partial charge in [-0.2, -0.15) is 0 Å². The van der Waals surface area contributed by atoms with E-state index in [1.165, 1.54) is 6.07 Å². The zero-order chi connectivity index (χ0) is 11.0. The van der Waals surface area contributed by atoms with Gasteiger partial charge in [-0.15, -0.1) is 0 Å². The molecule has 3 heteroatoms. The Morgan fingerprint density at radius 2 is 2.20 bits per heavy atom. The van der Waals surface area contributed by atoms with E-state index >= 15 is 0 Å². The maximum atomic E-state index is 11.6. The zero-order valence-electron chi connectivity index (χ0n) is 8.95. The van der Waals surface area contributed by atoms with Crippen LogP contribution in [0.4, 0.5) is 0 Å². The molecule has 1 aliphatic heterocycles. The number of phenolic OH excluding ortho intramolecular Hbond substituents is 1. The van der Waals surface area contributed by atoms with Gasteiger partial charge in [-0.25, -0.2) is 0 Å². The van der Waals surface area contributed by atoms with E-state index in [-0.39, 0.29) is 17.7 Å². The highest BCUT2D eigenvalue weighted by Crippen LogP contribution is 2.31. The third kappa shape index (κ3) is 1.82. The van der Waals surface area contributed by atoms with E-state index in [0.29, 0.717) is 11.5 Å². The second-order valence-electron chi connectivity index (χ2n) is 4.43. The molecule has 1 amide bonds. The van der Waals surface area contributed by atoms with Crippen LogP contribution in [0.25, 0.3) is 0 Å². The SMILES string of the molecule is CC(C)CC1NC(=O)c2cc(O)ccc21. The highest BCUT2D eigenvalue weighted by molar-refractivity contribution is 5.99. The highest BCUT2D eigenvalue weighted by Gasteiger charge is 2.28. The number of fused-ring (bicyclic) bond motifs is 1. The monoisotopic (exact) mass is 205 g/mol. The second kappa shape index (κ2) is 3.57. The van der Waals surface area contributed by atoms with Crippen LogP contribution in [0.15, 0.2) is 18.2 Å². The third-order valence-corrected chi connectivity index (χ3v) is 2.67. The van der Waals surface area contributed by atoms with Gasteiger partial charge in [0.05, 0.1) is 6.04 Å². The fourth-order valence-corrected chi connectivity index (χ4v) is 2.02. The van der Waals surface area contributed by atoms with Gasteiger partial charge >= 0.3 is 0 Å². The standard InChI is InChI=1S/C12H15NO2/c1-7(2)5-11-9-4-3-8(14)6-10(9)12(15)13-11/h3-4,6-7,11,14H,5H2,1-2H3,(H,13,15). The van der Waals surface area contributed by atoms with Crippen molar-refractivity contribution in [1.29, 1.82) is 0 Å². The number of hydrogen-bond donors (Lipinski definition) is 2. The number of phenols is 1. The van der Waals surface area contributed by atoms with Crippen molar-refractivity contribution in [2.45, 2.75) is 26.3 Å². The van der Waals surface area contributed by atoms with Gasteiger partial charge in [0.25, 0.3) is 5.91 Å². The van der Waals surface area contributed by atoms with Gasteiger partial charge in [0.2, 0.25) is 0 Å². The summed E-state index contributed by atoms with van der Waals surface area (Å²) in [5.74, 6) is 0.607. The molecule has 0 spiro atoms. The van der Waals surface area contributed by atoms with Gasteiger partial charge in [-0.1, -0.05) is 19.9 Å². The first-order valence-corrected chi connectivity index (χ1v) is 5.21. The van der Waals surface area contributed by atoms with Crippen LogP contribution in [-0.2, 0) is 0 Å². The molecular weight excluding hydrogens is 190 g/mol. The van der Waals surface area contributed by atoms with Crippen LogP contribution in [0.3, 0.4) is 0 Å². The first-order valence-electron chi connectivity index (χ1n) is 5.21. The molecule has 0 aromatic heterocycles. The van der Waals surface area contributed by atoms with Crippen LogP contribution in [-0.4, -0.2) is 11.0 Å². The van der Waals surface area contributed by atoms with Crippen molar-refractivity contribution in [3.63, 3.8) is 0 Å². The molecule has 0 saturated heterocycles. The van der Waals surface area contributed by atoms with Crippen molar-refractivity contribution in [3.05, 3.63) is 29.3 Å². The number of carbonyl (C=O) groups excluding carboxylic acids is 1. The molecule has 1 atom stereocenters. The van der Waals surface area contributed by atoms with Gasteiger partial charge < -0.3 is 10.4 Å². The Kier molecular flexibility index (Phi) is 2.39. The average Bonchev–Trinajstić information content (AvgIpc) is 2.42. The summed E-state index contributed by atoms with van der Waals surface area (Å²) in [4.78, 5) is 11.6. The Hall–Kier alpha value is -1.51. The van der Waals surface area contributed by atoms with Crippen molar-refractivity contribution >= 4 is 5.91 Å². The lowest BCUT2D eigenvalue weighted by molar-refractivity contribution is 0.0953. The normalized spacial score (nSPS) is 19.1. The van der Waals surface area contributed by atoms with Crippen LogP contribution in [0.5, 0.6) is 5.75 Å². The third-order valence-electron chi connectivity index (χ3n) is 2.67. The first kappa shape index (κ1) is 10.0. The molecule has 0 saturated carbocycles. The van der Waals surface area contributed by atoms with E-state index in [1.807, 2.05) is 6.07 Å². The molecule has 0 fully saturated rings. The van der Waals surface area contributed by atoms with Crippen molar-refractivity contribution in [2.24, 2.45) is 5.92 Å². The maximum Gasteiger partial charge on any atom is 0.252 e. The summed E-state index contributed by atoms with van der Waals surface area (Å²) < 4.78 is 0. The Balaban J connectivity index is 2.34. The first-order chi connectivity index (χ1) is 7.08. The fourth-order valence-electron chi connectivity index (χ4n) is 2.02. The van der Waals surface area contributed by atoms with Crippen molar-refractivity contribution in [2.75, 3.05) is 0 Å². The molecule has 1 unspecified atom stereocenters. The molecule has 0 aliphatic carbocycles. The van der Waals surface area contributed by atoms with E-state index in [0.717, 1.165) is 12.0 Å². The fraction of sp³-hybridized carbons (Fsp3) is 0.417. The minimum absolute atomic E-state index is 0.0773. The molecule has 2 N–H and O–H groups in total. The van der Waals surface area contributed by atoms with Crippen LogP contribution < -0.4 is 5.32 Å². The number of amides is 1. The van der Waals surface area contributed by atoms with E-state index in [1.54, 1.807) is 6.07 Å². The number of carbonyl (C=O) groups is 1. The highest BCUT2D eigenvalue weighted by atomic mass is 16.3. The van der Waals surface area contributed by atoms with E-state index in [4.69, 9.17) is 0 Å². The number of rotatable bonds is 2. The van der Waals surface area contributed by atoms with Crippen molar-refractivity contribution in [3.8, 4) is 5.75 Å². The maximum absolute atomic E-state index is 11.6. The van der Waals surface area contributed by atoms with Gasteiger partial charge in [0.1, 0.15) is 5.75 Å². The van der Waals surface area contributed by atoms with Gasteiger partial charge in [-0.3, -0.25) is 4.79 Å². The number of nitrogens with one attached hydrogen (secondary N) is 1. The van der Waals surface area contributed by atoms with Gasteiger partial charge in [0.15, 0.2) is 0 Å². The summed E-state index contributed by atoms with van der Waals surface area (Å²) in [5, 5.41) is 12.2. The minimum Gasteiger partial charge on any atom is -0.508 e. The Morgan fingerprint density at radius 3 is 2.87 bits per heavy atom. The molecule has 2 rings (SSSR count). The summed E-state index contributed by atoms with van der Waals surface area (Å²) in [5.41, 5.74) is 1.62. The van der Waals surface area contributed by atoms with Gasteiger partial charge in [0, 0.05) is 5.56 Å². The molecule has 80 valence electrons. The van der Waals surface area contributed by atoms with Crippen molar-refractivity contribution < 1.29 is 9.90 Å². The Morgan fingerprint density at radius 1 is 1.47 bits per heavy atom.